The van der Waals surface area contributed by atoms with E-state index in [0.29, 0.717) is 17.1 Å². The van der Waals surface area contributed by atoms with Gasteiger partial charge in [-0.3, -0.25) is 9.78 Å². The molecule has 0 amide bonds. The van der Waals surface area contributed by atoms with Crippen molar-refractivity contribution in [2.45, 2.75) is 12.5 Å². The molecule has 1 aliphatic rings. The lowest BCUT2D eigenvalue weighted by atomic mass is 10.0. The van der Waals surface area contributed by atoms with Crippen molar-refractivity contribution < 1.29 is 9.53 Å². The highest BCUT2D eigenvalue weighted by molar-refractivity contribution is 6.30. The van der Waals surface area contributed by atoms with Crippen molar-refractivity contribution in [3.05, 3.63) is 64.4 Å². The Morgan fingerprint density at radius 1 is 1.27 bits per heavy atom. The molecule has 1 unspecified atom stereocenters. The zero-order chi connectivity index (χ0) is 15.4. The molecule has 5 heteroatoms. The number of rotatable bonds is 4. The Morgan fingerprint density at radius 3 is 2.73 bits per heavy atom. The lowest BCUT2D eigenvalue weighted by Crippen LogP contribution is -2.33. The smallest absolute Gasteiger partial charge is 0.185 e. The van der Waals surface area contributed by atoms with Gasteiger partial charge in [-0.05, 0) is 23.3 Å². The van der Waals surface area contributed by atoms with E-state index in [4.69, 9.17) is 16.3 Å². The molecule has 1 N–H and O–H groups in total. The number of pyridine rings is 1. The fraction of sp³-hybridized carbons (Fsp3) is 0.294. The normalized spacial score (nSPS) is 18.1. The second-order valence-corrected chi connectivity index (χ2v) is 5.70. The minimum atomic E-state index is -0.0139. The summed E-state index contributed by atoms with van der Waals surface area (Å²) in [6, 6.07) is 11.3. The third kappa shape index (κ3) is 3.71. The molecule has 1 saturated heterocycles. The van der Waals surface area contributed by atoms with Crippen molar-refractivity contribution in [1.82, 2.24) is 10.3 Å². The Labute approximate surface area is 134 Å². The molecular weight excluding hydrogens is 300 g/mol. The van der Waals surface area contributed by atoms with Crippen LogP contribution in [0.25, 0.3) is 0 Å². The largest absolute Gasteiger partial charge is 0.371 e. The van der Waals surface area contributed by atoms with Crippen molar-refractivity contribution >= 4 is 17.4 Å². The van der Waals surface area contributed by atoms with Gasteiger partial charge in [-0.15, -0.1) is 0 Å². The molecule has 2 aromatic rings. The molecule has 0 spiro atoms. The Kier molecular flexibility index (Phi) is 4.83. The summed E-state index contributed by atoms with van der Waals surface area (Å²) in [5.74, 6) is -0.0139. The minimum Gasteiger partial charge on any atom is -0.371 e. The predicted molar refractivity (Wildman–Crippen MR) is 85.3 cm³/mol. The number of Topliss-reactive ketones (excluding diaryl/α,β-unsaturated/α-hetero) is 1. The average Bonchev–Trinajstić information content (AvgIpc) is 2.57. The van der Waals surface area contributed by atoms with Gasteiger partial charge in [-0.2, -0.15) is 0 Å². The van der Waals surface area contributed by atoms with Crippen LogP contribution in [0, 0.1) is 0 Å². The lowest BCUT2D eigenvalue weighted by molar-refractivity contribution is 0.0277. The number of benzene rings is 1. The molecule has 114 valence electrons. The molecule has 1 aliphatic heterocycles. The molecule has 22 heavy (non-hydrogen) atoms. The minimum absolute atomic E-state index is 0.0139. The van der Waals surface area contributed by atoms with Crippen LogP contribution >= 0.6 is 11.6 Å². The van der Waals surface area contributed by atoms with E-state index in [9.17, 15) is 4.79 Å². The SMILES string of the molecule is O=C(Cc1ccc(C2CNCCO2)cc1)c1ccc(Cl)cn1. The van der Waals surface area contributed by atoms with Crippen LogP contribution in [-0.2, 0) is 11.2 Å². The number of hydrogen-bond acceptors (Lipinski definition) is 4. The number of morpholine rings is 1. The summed E-state index contributed by atoms with van der Waals surface area (Å²) in [4.78, 5) is 16.2. The van der Waals surface area contributed by atoms with Crippen molar-refractivity contribution in [3.63, 3.8) is 0 Å². The summed E-state index contributed by atoms with van der Waals surface area (Å²) < 4.78 is 5.71. The third-order valence-corrected chi connectivity index (χ3v) is 3.88. The zero-order valence-corrected chi connectivity index (χ0v) is 12.8. The van der Waals surface area contributed by atoms with E-state index in [1.807, 2.05) is 24.3 Å². The second-order valence-electron chi connectivity index (χ2n) is 5.27. The molecule has 1 fully saturated rings. The zero-order valence-electron chi connectivity index (χ0n) is 12.1. The number of carbonyl (C=O) groups is 1. The molecule has 4 nitrogen and oxygen atoms in total. The van der Waals surface area contributed by atoms with Gasteiger partial charge in [0.05, 0.1) is 17.7 Å². The van der Waals surface area contributed by atoms with Crippen LogP contribution in [0.1, 0.15) is 27.7 Å². The van der Waals surface area contributed by atoms with E-state index in [0.717, 1.165) is 30.8 Å². The van der Waals surface area contributed by atoms with Crippen LogP contribution in [-0.4, -0.2) is 30.5 Å². The number of carbonyl (C=O) groups excluding carboxylic acids is 1. The van der Waals surface area contributed by atoms with Crippen LogP contribution in [0.4, 0.5) is 0 Å². The molecule has 0 bridgehead atoms. The van der Waals surface area contributed by atoms with Gasteiger partial charge in [-0.25, -0.2) is 0 Å². The second kappa shape index (κ2) is 7.01. The number of aromatic nitrogens is 1. The van der Waals surface area contributed by atoms with Gasteiger partial charge in [0.25, 0.3) is 0 Å². The Morgan fingerprint density at radius 2 is 2.09 bits per heavy atom. The highest BCUT2D eigenvalue weighted by Gasteiger charge is 2.15. The van der Waals surface area contributed by atoms with Gasteiger partial charge in [0, 0.05) is 25.7 Å². The summed E-state index contributed by atoms with van der Waals surface area (Å²) in [5, 5.41) is 3.84. The molecule has 0 radical (unpaired) electrons. The topological polar surface area (TPSA) is 51.2 Å². The van der Waals surface area contributed by atoms with Gasteiger partial charge >= 0.3 is 0 Å². The average molecular weight is 317 g/mol. The fourth-order valence-electron chi connectivity index (χ4n) is 2.45. The molecule has 0 aliphatic carbocycles. The van der Waals surface area contributed by atoms with Crippen LogP contribution in [0.5, 0.6) is 0 Å². The molecule has 1 aromatic carbocycles. The first kappa shape index (κ1) is 15.2. The predicted octanol–water partition coefficient (Wildman–Crippen LogP) is 2.82. The molecule has 3 rings (SSSR count). The van der Waals surface area contributed by atoms with Crippen LogP contribution in [0.15, 0.2) is 42.6 Å². The van der Waals surface area contributed by atoms with Gasteiger partial charge in [-0.1, -0.05) is 35.9 Å². The van der Waals surface area contributed by atoms with E-state index in [2.05, 4.69) is 10.3 Å². The van der Waals surface area contributed by atoms with Crippen molar-refractivity contribution in [3.8, 4) is 0 Å². The number of ether oxygens (including phenoxy) is 1. The molecular formula is C17H17ClN2O2. The summed E-state index contributed by atoms with van der Waals surface area (Å²) in [6.45, 7) is 2.46. The van der Waals surface area contributed by atoms with E-state index in [1.165, 1.54) is 6.20 Å². The maximum absolute atomic E-state index is 12.2. The maximum Gasteiger partial charge on any atom is 0.185 e. The number of hydrogen-bond donors (Lipinski definition) is 1. The van der Waals surface area contributed by atoms with Crippen molar-refractivity contribution in [2.75, 3.05) is 19.7 Å². The lowest BCUT2D eigenvalue weighted by Gasteiger charge is -2.24. The third-order valence-electron chi connectivity index (χ3n) is 3.66. The summed E-state index contributed by atoms with van der Waals surface area (Å²) in [5.41, 5.74) is 2.54. The molecule has 2 heterocycles. The van der Waals surface area contributed by atoms with Crippen LogP contribution in [0.3, 0.4) is 0 Å². The summed E-state index contributed by atoms with van der Waals surface area (Å²) in [7, 11) is 0. The van der Waals surface area contributed by atoms with E-state index in [1.54, 1.807) is 12.1 Å². The first-order valence-corrected chi connectivity index (χ1v) is 7.66. The fourth-order valence-corrected chi connectivity index (χ4v) is 2.56. The van der Waals surface area contributed by atoms with Gasteiger partial charge in [0.2, 0.25) is 0 Å². The van der Waals surface area contributed by atoms with E-state index in [-0.39, 0.29) is 11.9 Å². The maximum atomic E-state index is 12.2. The Balaban J connectivity index is 1.65. The first-order valence-electron chi connectivity index (χ1n) is 7.28. The number of nitrogens with one attached hydrogen (secondary N) is 1. The van der Waals surface area contributed by atoms with Gasteiger partial charge < -0.3 is 10.1 Å². The number of ketones is 1. The van der Waals surface area contributed by atoms with E-state index >= 15 is 0 Å². The molecule has 1 aromatic heterocycles. The first-order chi connectivity index (χ1) is 10.7. The number of halogens is 1. The molecule has 0 saturated carbocycles. The standard InChI is InChI=1S/C17H17ClN2O2/c18-14-5-6-15(20-10-14)16(21)9-12-1-3-13(4-2-12)17-11-19-7-8-22-17/h1-6,10,17,19H,7-9,11H2. The van der Waals surface area contributed by atoms with Crippen LogP contribution in [0.2, 0.25) is 5.02 Å². The summed E-state index contributed by atoms with van der Waals surface area (Å²) in [6.07, 6.45) is 1.92. The molecule has 1 atom stereocenters. The highest BCUT2D eigenvalue weighted by atomic mass is 35.5. The number of nitrogens with zero attached hydrogens (tertiary/aromatic N) is 1. The van der Waals surface area contributed by atoms with Crippen molar-refractivity contribution in [1.29, 1.82) is 0 Å². The monoisotopic (exact) mass is 316 g/mol. The quantitative estimate of drug-likeness (QED) is 0.881. The van der Waals surface area contributed by atoms with Crippen molar-refractivity contribution in [2.24, 2.45) is 0 Å². The van der Waals surface area contributed by atoms with Gasteiger partial charge in [0.15, 0.2) is 5.78 Å². The Bertz CT molecular complexity index is 635. The van der Waals surface area contributed by atoms with E-state index < -0.39 is 0 Å². The Hall–Kier alpha value is -1.75. The summed E-state index contributed by atoms with van der Waals surface area (Å²) >= 11 is 5.78. The van der Waals surface area contributed by atoms with Gasteiger partial charge in [0.1, 0.15) is 5.69 Å². The highest BCUT2D eigenvalue weighted by Crippen LogP contribution is 2.19. The van der Waals surface area contributed by atoms with Crippen LogP contribution < -0.4 is 5.32 Å².